The summed E-state index contributed by atoms with van der Waals surface area (Å²) in [5.41, 5.74) is -1.68. The molecule has 0 aliphatic rings. The van der Waals surface area contributed by atoms with E-state index >= 15 is 0 Å². The third-order valence-corrected chi connectivity index (χ3v) is 6.56. The van der Waals surface area contributed by atoms with Crippen LogP contribution in [0.25, 0.3) is 0 Å². The first-order valence-corrected chi connectivity index (χ1v) is 13.7. The van der Waals surface area contributed by atoms with Crippen molar-refractivity contribution in [2.75, 3.05) is 6.61 Å². The Hall–Kier alpha value is -0.710. The van der Waals surface area contributed by atoms with Crippen LogP contribution in [0.4, 0.5) is 0 Å². The molecule has 190 valence electrons. The summed E-state index contributed by atoms with van der Waals surface area (Å²) < 4.78 is 0. The van der Waals surface area contributed by atoms with Gasteiger partial charge in [-0.3, -0.25) is 4.79 Å². The lowest BCUT2D eigenvalue weighted by molar-refractivity contribution is -0.151. The number of hydrogen-bond acceptors (Lipinski definition) is 4. The van der Waals surface area contributed by atoms with Gasteiger partial charge in [0.05, 0.1) is 6.61 Å². The Morgan fingerprint density at radius 2 is 1.12 bits per heavy atom. The van der Waals surface area contributed by atoms with Gasteiger partial charge in [-0.05, 0) is 32.1 Å². The van der Waals surface area contributed by atoms with Gasteiger partial charge in [-0.25, -0.2) is 0 Å². The lowest BCUT2D eigenvalue weighted by Gasteiger charge is -2.30. The van der Waals surface area contributed by atoms with Gasteiger partial charge < -0.3 is 15.3 Å². The molecule has 0 aliphatic heterocycles. The molecule has 0 fully saturated rings. The molecule has 0 bridgehead atoms. The van der Waals surface area contributed by atoms with E-state index in [-0.39, 0.29) is 12.8 Å². The minimum absolute atomic E-state index is 0.166. The highest BCUT2D eigenvalue weighted by Crippen LogP contribution is 2.21. The minimum Gasteiger partial charge on any atom is -0.393 e. The SMILES string of the molecule is CCCCCCCC/C=C/CCCCCCCCCCCCC(O)(CO)C(O)C(=O)CC. The summed E-state index contributed by atoms with van der Waals surface area (Å²) in [6.07, 6.45) is 26.3. The summed E-state index contributed by atoms with van der Waals surface area (Å²) in [7, 11) is 0. The molecule has 0 aromatic carbocycles. The molecule has 0 saturated heterocycles. The summed E-state index contributed by atoms with van der Waals surface area (Å²) in [6.45, 7) is 3.34. The number of aliphatic hydroxyl groups is 3. The van der Waals surface area contributed by atoms with Crippen molar-refractivity contribution in [1.82, 2.24) is 0 Å². The van der Waals surface area contributed by atoms with Gasteiger partial charge in [-0.2, -0.15) is 0 Å². The Bertz CT molecular complexity index is 449. The fraction of sp³-hybridized carbons (Fsp3) is 0.893. The molecule has 32 heavy (non-hydrogen) atoms. The highest BCUT2D eigenvalue weighted by Gasteiger charge is 2.38. The summed E-state index contributed by atoms with van der Waals surface area (Å²) >= 11 is 0. The molecule has 0 radical (unpaired) electrons. The normalized spacial score (nSPS) is 14.7. The van der Waals surface area contributed by atoms with Crippen molar-refractivity contribution in [2.24, 2.45) is 0 Å². The monoisotopic (exact) mass is 454 g/mol. The van der Waals surface area contributed by atoms with Crippen molar-refractivity contribution >= 4 is 5.78 Å². The average Bonchev–Trinajstić information content (AvgIpc) is 2.81. The van der Waals surface area contributed by atoms with Gasteiger partial charge in [0.1, 0.15) is 11.7 Å². The molecule has 0 aromatic rings. The topological polar surface area (TPSA) is 77.8 Å². The molecule has 0 rings (SSSR count). The number of hydrogen-bond donors (Lipinski definition) is 3. The molecule has 0 heterocycles. The smallest absolute Gasteiger partial charge is 0.164 e. The molecule has 2 atom stereocenters. The van der Waals surface area contributed by atoms with Crippen molar-refractivity contribution in [3.8, 4) is 0 Å². The molecule has 4 heteroatoms. The van der Waals surface area contributed by atoms with E-state index in [1.807, 2.05) is 0 Å². The molecule has 0 aliphatic carbocycles. The van der Waals surface area contributed by atoms with Gasteiger partial charge in [0.25, 0.3) is 0 Å². The minimum atomic E-state index is -1.68. The predicted octanol–water partition coefficient (Wildman–Crippen LogP) is 7.04. The fourth-order valence-electron chi connectivity index (χ4n) is 4.18. The van der Waals surface area contributed by atoms with Crippen molar-refractivity contribution in [1.29, 1.82) is 0 Å². The van der Waals surface area contributed by atoms with E-state index in [4.69, 9.17) is 0 Å². The second-order valence-electron chi connectivity index (χ2n) is 9.59. The van der Waals surface area contributed by atoms with Crippen molar-refractivity contribution in [3.63, 3.8) is 0 Å². The van der Waals surface area contributed by atoms with Crippen LogP contribution in [0.1, 0.15) is 142 Å². The molecular formula is C28H54O4. The average molecular weight is 455 g/mol. The lowest BCUT2D eigenvalue weighted by atomic mass is 9.87. The van der Waals surface area contributed by atoms with Crippen LogP contribution in [0.5, 0.6) is 0 Å². The summed E-state index contributed by atoms with van der Waals surface area (Å²) in [5.74, 6) is -0.411. The number of rotatable bonds is 24. The van der Waals surface area contributed by atoms with Gasteiger partial charge in [0.2, 0.25) is 0 Å². The molecule has 3 N–H and O–H groups in total. The predicted molar refractivity (Wildman–Crippen MR) is 136 cm³/mol. The Labute approximate surface area is 198 Å². The maximum absolute atomic E-state index is 11.6. The maximum atomic E-state index is 11.6. The summed E-state index contributed by atoms with van der Waals surface area (Å²) in [4.78, 5) is 11.6. The quantitative estimate of drug-likeness (QED) is 0.108. The number of carbonyl (C=O) groups is 1. The molecular weight excluding hydrogens is 400 g/mol. The highest BCUT2D eigenvalue weighted by molar-refractivity contribution is 5.83. The number of Topliss-reactive ketones (excluding diaryl/α,β-unsaturated/α-hetero) is 1. The van der Waals surface area contributed by atoms with Gasteiger partial charge in [0, 0.05) is 6.42 Å². The zero-order valence-corrected chi connectivity index (χ0v) is 21.3. The van der Waals surface area contributed by atoms with Gasteiger partial charge in [0.15, 0.2) is 5.78 Å². The van der Waals surface area contributed by atoms with E-state index in [0.29, 0.717) is 0 Å². The van der Waals surface area contributed by atoms with E-state index in [1.54, 1.807) is 6.92 Å². The highest BCUT2D eigenvalue weighted by atomic mass is 16.4. The molecule has 0 saturated carbocycles. The van der Waals surface area contributed by atoms with Crippen LogP contribution in [0.2, 0.25) is 0 Å². The van der Waals surface area contributed by atoms with Crippen molar-refractivity contribution < 1.29 is 20.1 Å². The maximum Gasteiger partial charge on any atom is 0.164 e. The van der Waals surface area contributed by atoms with Crippen LogP contribution >= 0.6 is 0 Å². The second kappa shape index (κ2) is 22.1. The molecule has 4 nitrogen and oxygen atoms in total. The first kappa shape index (κ1) is 31.3. The second-order valence-corrected chi connectivity index (χ2v) is 9.59. The van der Waals surface area contributed by atoms with Gasteiger partial charge in [-0.1, -0.05) is 116 Å². The summed E-state index contributed by atoms with van der Waals surface area (Å²) in [6, 6.07) is 0. The van der Waals surface area contributed by atoms with Crippen LogP contribution < -0.4 is 0 Å². The largest absolute Gasteiger partial charge is 0.393 e. The van der Waals surface area contributed by atoms with Crippen LogP contribution in [0.15, 0.2) is 12.2 Å². The Morgan fingerprint density at radius 1 is 0.719 bits per heavy atom. The van der Waals surface area contributed by atoms with E-state index in [2.05, 4.69) is 19.1 Å². The number of unbranched alkanes of at least 4 members (excludes halogenated alkanes) is 16. The van der Waals surface area contributed by atoms with Crippen LogP contribution in [0, 0.1) is 0 Å². The molecule has 0 amide bonds. The number of allylic oxidation sites excluding steroid dienone is 2. The van der Waals surface area contributed by atoms with E-state index in [1.165, 1.54) is 96.3 Å². The Morgan fingerprint density at radius 3 is 1.53 bits per heavy atom. The van der Waals surface area contributed by atoms with E-state index < -0.39 is 24.1 Å². The Kier molecular flexibility index (Phi) is 21.6. The number of carbonyl (C=O) groups excluding carboxylic acids is 1. The van der Waals surface area contributed by atoms with E-state index in [0.717, 1.165) is 19.3 Å². The first-order valence-electron chi connectivity index (χ1n) is 13.7. The fourth-order valence-corrected chi connectivity index (χ4v) is 4.18. The van der Waals surface area contributed by atoms with Crippen LogP contribution in [-0.2, 0) is 4.79 Å². The van der Waals surface area contributed by atoms with E-state index in [9.17, 15) is 20.1 Å². The number of aliphatic hydroxyl groups excluding tert-OH is 2. The number of ketones is 1. The Balaban J connectivity index is 3.44. The zero-order valence-electron chi connectivity index (χ0n) is 21.3. The van der Waals surface area contributed by atoms with Crippen LogP contribution in [0.3, 0.4) is 0 Å². The third-order valence-electron chi connectivity index (χ3n) is 6.56. The molecule has 0 spiro atoms. The molecule has 0 aromatic heterocycles. The standard InChI is InChI=1S/C28H54O4/c1-3-5-6-7-8-9-10-11-12-13-14-15-16-17-18-19-20-21-22-23-24-28(32,25-29)27(31)26(30)4-2/h11-12,27,29,31-32H,3-10,13-25H2,1-2H3/b12-11+. The van der Waals surface area contributed by atoms with Gasteiger partial charge in [-0.15, -0.1) is 0 Å². The summed E-state index contributed by atoms with van der Waals surface area (Å²) in [5, 5.41) is 29.6. The van der Waals surface area contributed by atoms with Crippen molar-refractivity contribution in [3.05, 3.63) is 12.2 Å². The third kappa shape index (κ3) is 16.9. The zero-order chi connectivity index (χ0) is 23.9. The lowest BCUT2D eigenvalue weighted by Crippen LogP contribution is -2.49. The molecule has 2 unspecified atom stereocenters. The van der Waals surface area contributed by atoms with Crippen LogP contribution in [-0.4, -0.2) is 39.4 Å². The van der Waals surface area contributed by atoms with Gasteiger partial charge >= 0.3 is 0 Å². The first-order chi connectivity index (χ1) is 15.5. The van der Waals surface area contributed by atoms with Crippen molar-refractivity contribution in [2.45, 2.75) is 154 Å².